The number of anilines is 2. The maximum absolute atomic E-state index is 12.2. The predicted octanol–water partition coefficient (Wildman–Crippen LogP) is 0.544. The van der Waals surface area contributed by atoms with Gasteiger partial charge in [-0.2, -0.15) is 0 Å². The Balaban J connectivity index is 3.14. The Morgan fingerprint density at radius 3 is 2.37 bits per heavy atom. The molecule has 0 bridgehead atoms. The van der Waals surface area contributed by atoms with Crippen molar-refractivity contribution in [3.05, 3.63) is 18.3 Å². The van der Waals surface area contributed by atoms with Crippen LogP contribution in [-0.2, 0) is 14.6 Å². The van der Waals surface area contributed by atoms with Crippen molar-refractivity contribution < 1.29 is 13.2 Å². The third-order valence-corrected chi connectivity index (χ3v) is 4.36. The molecule has 0 saturated heterocycles. The summed E-state index contributed by atoms with van der Waals surface area (Å²) in [5, 5.41) is -1.08. The van der Waals surface area contributed by atoms with Gasteiger partial charge in [0.1, 0.15) is 5.25 Å². The molecule has 1 aromatic heterocycles. The molecule has 1 amide bonds. The Morgan fingerprint density at radius 2 is 1.89 bits per heavy atom. The van der Waals surface area contributed by atoms with Crippen molar-refractivity contribution in [1.29, 1.82) is 0 Å². The van der Waals surface area contributed by atoms with Crippen LogP contribution in [0.2, 0.25) is 0 Å². The molecule has 0 aromatic carbocycles. The number of hydrogen-bond acceptors (Lipinski definition) is 5. The van der Waals surface area contributed by atoms with Gasteiger partial charge in [-0.1, -0.05) is 0 Å². The lowest BCUT2D eigenvalue weighted by atomic mass is 10.3. The van der Waals surface area contributed by atoms with Gasteiger partial charge in [-0.25, -0.2) is 13.4 Å². The molecule has 0 fully saturated rings. The van der Waals surface area contributed by atoms with Crippen LogP contribution in [0.3, 0.4) is 0 Å². The topological polar surface area (TPSA) is 70.6 Å². The molecule has 0 radical (unpaired) electrons. The zero-order valence-electron chi connectivity index (χ0n) is 11.8. The second-order valence-electron chi connectivity index (χ2n) is 4.61. The summed E-state index contributed by atoms with van der Waals surface area (Å²) in [7, 11) is 1.76. The number of carbonyl (C=O) groups excluding carboxylic acids is 1. The van der Waals surface area contributed by atoms with Crippen LogP contribution in [0, 0.1) is 0 Å². The molecule has 19 heavy (non-hydrogen) atoms. The minimum absolute atomic E-state index is 0.474. The second-order valence-corrected chi connectivity index (χ2v) is 6.98. The maximum Gasteiger partial charge on any atom is 0.244 e. The fourth-order valence-corrected chi connectivity index (χ4v) is 2.09. The van der Waals surface area contributed by atoms with E-state index in [4.69, 9.17) is 0 Å². The van der Waals surface area contributed by atoms with Crippen molar-refractivity contribution in [2.24, 2.45) is 0 Å². The van der Waals surface area contributed by atoms with E-state index in [0.717, 1.165) is 6.26 Å². The zero-order chi connectivity index (χ0) is 14.8. The van der Waals surface area contributed by atoms with E-state index in [1.54, 1.807) is 30.3 Å². The van der Waals surface area contributed by atoms with Crippen LogP contribution in [0.1, 0.15) is 6.92 Å². The van der Waals surface area contributed by atoms with Crippen molar-refractivity contribution in [2.45, 2.75) is 12.2 Å². The minimum atomic E-state index is -3.41. The Morgan fingerprint density at radius 1 is 1.32 bits per heavy atom. The van der Waals surface area contributed by atoms with E-state index in [1.165, 1.54) is 11.8 Å². The van der Waals surface area contributed by atoms with Crippen molar-refractivity contribution in [3.8, 4) is 0 Å². The molecule has 0 spiro atoms. The molecule has 6 nitrogen and oxygen atoms in total. The number of aromatic nitrogens is 1. The highest BCUT2D eigenvalue weighted by Crippen LogP contribution is 2.25. The van der Waals surface area contributed by atoms with Gasteiger partial charge in [-0.3, -0.25) is 4.79 Å². The molecule has 0 N–H and O–H groups in total. The third-order valence-electron chi connectivity index (χ3n) is 2.87. The highest BCUT2D eigenvalue weighted by Gasteiger charge is 2.28. The first-order valence-corrected chi connectivity index (χ1v) is 7.70. The van der Waals surface area contributed by atoms with Crippen molar-refractivity contribution in [1.82, 2.24) is 4.98 Å². The fraction of sp³-hybridized carbons (Fsp3) is 0.500. The van der Waals surface area contributed by atoms with Crippen molar-refractivity contribution >= 4 is 27.2 Å². The Kier molecular flexibility index (Phi) is 4.52. The molecule has 7 heteroatoms. The first-order chi connectivity index (χ1) is 8.66. The third kappa shape index (κ3) is 3.44. The molecule has 0 aliphatic rings. The van der Waals surface area contributed by atoms with Gasteiger partial charge in [0.15, 0.2) is 15.7 Å². The number of nitrogens with zero attached hydrogens (tertiary/aromatic N) is 3. The van der Waals surface area contributed by atoms with Gasteiger partial charge in [0.25, 0.3) is 0 Å². The molecule has 0 aliphatic heterocycles. The van der Waals surface area contributed by atoms with Gasteiger partial charge < -0.3 is 9.80 Å². The monoisotopic (exact) mass is 285 g/mol. The zero-order valence-corrected chi connectivity index (χ0v) is 12.6. The van der Waals surface area contributed by atoms with Gasteiger partial charge in [-0.15, -0.1) is 0 Å². The van der Waals surface area contributed by atoms with Gasteiger partial charge in [0, 0.05) is 33.6 Å². The molecule has 0 saturated carbocycles. The summed E-state index contributed by atoms with van der Waals surface area (Å²) in [6.45, 7) is 1.39. The first-order valence-electron chi connectivity index (χ1n) is 5.75. The number of amides is 1. The summed E-state index contributed by atoms with van der Waals surface area (Å²) >= 11 is 0. The van der Waals surface area contributed by atoms with Crippen LogP contribution in [0.5, 0.6) is 0 Å². The summed E-state index contributed by atoms with van der Waals surface area (Å²) < 4.78 is 22.9. The van der Waals surface area contributed by atoms with Crippen molar-refractivity contribution in [2.75, 3.05) is 37.2 Å². The van der Waals surface area contributed by atoms with Crippen LogP contribution in [0.15, 0.2) is 18.3 Å². The summed E-state index contributed by atoms with van der Waals surface area (Å²) in [5.74, 6) is 0.137. The Labute approximate surface area is 114 Å². The van der Waals surface area contributed by atoms with Crippen LogP contribution >= 0.6 is 0 Å². The lowest BCUT2D eigenvalue weighted by Crippen LogP contribution is -2.39. The van der Waals surface area contributed by atoms with Crippen LogP contribution in [0.4, 0.5) is 11.5 Å². The average Bonchev–Trinajstić information content (AvgIpc) is 2.34. The molecule has 1 unspecified atom stereocenters. The van der Waals surface area contributed by atoms with E-state index in [-0.39, 0.29) is 0 Å². The maximum atomic E-state index is 12.2. The van der Waals surface area contributed by atoms with E-state index in [0.29, 0.717) is 11.5 Å². The Hall–Kier alpha value is -1.63. The quantitative estimate of drug-likeness (QED) is 0.807. The van der Waals surface area contributed by atoms with Crippen molar-refractivity contribution in [3.63, 3.8) is 0 Å². The van der Waals surface area contributed by atoms with Crippen LogP contribution in [-0.4, -0.2) is 52.0 Å². The highest BCUT2D eigenvalue weighted by atomic mass is 32.2. The lowest BCUT2D eigenvalue weighted by Gasteiger charge is -2.24. The number of carbonyl (C=O) groups is 1. The van der Waals surface area contributed by atoms with E-state index in [1.807, 2.05) is 14.1 Å². The number of hydrogen-bond donors (Lipinski definition) is 0. The standard InChI is InChI=1S/C12H19N3O3S/c1-9(19(5,17)18)12(16)15(4)10-7-6-8-13-11(10)14(2)3/h6-9H,1-5H3. The lowest BCUT2D eigenvalue weighted by molar-refractivity contribution is -0.117. The number of rotatable bonds is 4. The molecule has 1 atom stereocenters. The average molecular weight is 285 g/mol. The Bertz CT molecular complexity index is 569. The van der Waals surface area contributed by atoms with Gasteiger partial charge in [0.05, 0.1) is 5.69 Å². The highest BCUT2D eigenvalue weighted by molar-refractivity contribution is 7.92. The number of pyridine rings is 1. The SMILES string of the molecule is CC(C(=O)N(C)c1cccnc1N(C)C)S(C)(=O)=O. The number of sulfone groups is 1. The minimum Gasteiger partial charge on any atom is -0.361 e. The first kappa shape index (κ1) is 15.4. The van der Waals surface area contributed by atoms with E-state index in [9.17, 15) is 13.2 Å². The largest absolute Gasteiger partial charge is 0.361 e. The second kappa shape index (κ2) is 5.56. The fourth-order valence-electron chi connectivity index (χ4n) is 1.57. The van der Waals surface area contributed by atoms with Crippen LogP contribution < -0.4 is 9.80 Å². The molecule has 1 aromatic rings. The summed E-state index contributed by atoms with van der Waals surface area (Å²) in [6.07, 6.45) is 2.68. The molecule has 106 valence electrons. The molecule has 0 aliphatic carbocycles. The molecule has 1 rings (SSSR count). The molecular weight excluding hydrogens is 266 g/mol. The summed E-state index contributed by atoms with van der Waals surface area (Å²) in [4.78, 5) is 19.4. The van der Waals surface area contributed by atoms with Gasteiger partial charge >= 0.3 is 0 Å². The normalized spacial score (nSPS) is 12.9. The molecular formula is C12H19N3O3S. The van der Waals surface area contributed by atoms with E-state index >= 15 is 0 Å². The van der Waals surface area contributed by atoms with Gasteiger partial charge in [-0.05, 0) is 19.1 Å². The smallest absolute Gasteiger partial charge is 0.244 e. The summed E-state index contributed by atoms with van der Waals surface area (Å²) in [5.41, 5.74) is 0.577. The summed E-state index contributed by atoms with van der Waals surface area (Å²) in [6, 6.07) is 3.44. The predicted molar refractivity (Wildman–Crippen MR) is 76.3 cm³/mol. The molecule has 1 heterocycles. The van der Waals surface area contributed by atoms with Crippen LogP contribution in [0.25, 0.3) is 0 Å². The van der Waals surface area contributed by atoms with E-state index < -0.39 is 21.0 Å². The van der Waals surface area contributed by atoms with Gasteiger partial charge in [0.2, 0.25) is 5.91 Å². The van der Waals surface area contributed by atoms with E-state index in [2.05, 4.69) is 4.98 Å².